The second-order valence-corrected chi connectivity index (χ2v) is 6.75. The molecule has 0 spiro atoms. The van der Waals surface area contributed by atoms with E-state index >= 15 is 0 Å². The molecule has 0 atom stereocenters. The molecule has 1 aromatic carbocycles. The number of rotatable bonds is 5. The molecule has 0 fully saturated rings. The van der Waals surface area contributed by atoms with Crippen LogP contribution < -0.4 is 5.73 Å². The zero-order valence-corrected chi connectivity index (χ0v) is 12.2. The molecule has 0 aliphatic rings. The molecule has 7 heteroatoms. The summed E-state index contributed by atoms with van der Waals surface area (Å²) in [6.45, 7) is 0.503. The number of hydrogen-bond donors (Lipinski definition) is 1. The molecule has 0 radical (unpaired) electrons. The largest absolute Gasteiger partial charge is 0.330 e. The van der Waals surface area contributed by atoms with Crippen LogP contribution in [0.15, 0.2) is 31.8 Å². The minimum absolute atomic E-state index is 0.232. The van der Waals surface area contributed by atoms with E-state index in [1.165, 1.54) is 35.2 Å². The van der Waals surface area contributed by atoms with Gasteiger partial charge in [0.1, 0.15) is 5.82 Å². The molecule has 2 N–H and O–H groups in total. The van der Waals surface area contributed by atoms with E-state index in [2.05, 4.69) is 10.2 Å². The van der Waals surface area contributed by atoms with Crippen LogP contribution in [0, 0.1) is 5.82 Å². The van der Waals surface area contributed by atoms with E-state index in [0.717, 1.165) is 19.1 Å². The fourth-order valence-electron chi connectivity index (χ4n) is 1.41. The van der Waals surface area contributed by atoms with Gasteiger partial charge in [-0.2, -0.15) is 0 Å². The van der Waals surface area contributed by atoms with Crippen LogP contribution >= 0.6 is 34.9 Å². The third-order valence-corrected chi connectivity index (χ3v) is 5.26. The molecule has 0 aliphatic heterocycles. The van der Waals surface area contributed by atoms with E-state index in [0.29, 0.717) is 13.0 Å². The standard InChI is InChI=1S/C11H12FN3S3/c1-16-10-14-15-11(18-10)17-9-3-2-8(12)6-7(9)4-5-13/h2-3,6H,4-5,13H2,1H3. The van der Waals surface area contributed by atoms with E-state index in [1.807, 2.05) is 6.26 Å². The lowest BCUT2D eigenvalue weighted by molar-refractivity contribution is 0.623. The van der Waals surface area contributed by atoms with Crippen LogP contribution in [-0.2, 0) is 6.42 Å². The van der Waals surface area contributed by atoms with Crippen LogP contribution in [0.4, 0.5) is 4.39 Å². The third-order valence-electron chi connectivity index (χ3n) is 2.20. The molecule has 0 amide bonds. The Morgan fingerprint density at radius 1 is 1.33 bits per heavy atom. The highest BCUT2D eigenvalue weighted by atomic mass is 32.2. The Bertz CT molecular complexity index is 530. The Morgan fingerprint density at radius 3 is 2.78 bits per heavy atom. The number of aromatic nitrogens is 2. The number of nitrogens with two attached hydrogens (primary N) is 1. The zero-order valence-electron chi connectivity index (χ0n) is 9.72. The van der Waals surface area contributed by atoms with Crippen molar-refractivity contribution < 1.29 is 4.39 Å². The molecule has 0 bridgehead atoms. The molecule has 2 rings (SSSR count). The zero-order chi connectivity index (χ0) is 13.0. The molecule has 3 nitrogen and oxygen atoms in total. The second kappa shape index (κ2) is 6.51. The van der Waals surface area contributed by atoms with Crippen molar-refractivity contribution in [3.63, 3.8) is 0 Å². The summed E-state index contributed by atoms with van der Waals surface area (Å²) >= 11 is 4.61. The number of thioether (sulfide) groups is 1. The number of nitrogens with zero attached hydrogens (tertiary/aromatic N) is 2. The molecule has 2 aromatic rings. The van der Waals surface area contributed by atoms with Gasteiger partial charge in [0, 0.05) is 4.90 Å². The Morgan fingerprint density at radius 2 is 2.11 bits per heavy atom. The van der Waals surface area contributed by atoms with Crippen molar-refractivity contribution in [1.29, 1.82) is 0 Å². The Hall–Kier alpha value is -0.630. The van der Waals surface area contributed by atoms with Crippen molar-refractivity contribution in [1.82, 2.24) is 10.2 Å². The van der Waals surface area contributed by atoms with Crippen LogP contribution in [0.2, 0.25) is 0 Å². The fraction of sp³-hybridized carbons (Fsp3) is 0.273. The van der Waals surface area contributed by atoms with E-state index in [9.17, 15) is 4.39 Å². The molecule has 0 unspecified atom stereocenters. The van der Waals surface area contributed by atoms with Gasteiger partial charge in [0.05, 0.1) is 0 Å². The van der Waals surface area contributed by atoms with Crippen LogP contribution in [0.3, 0.4) is 0 Å². The van der Waals surface area contributed by atoms with Crippen molar-refractivity contribution in [2.45, 2.75) is 20.0 Å². The first kappa shape index (κ1) is 13.8. The van der Waals surface area contributed by atoms with Crippen molar-refractivity contribution in [2.75, 3.05) is 12.8 Å². The number of halogens is 1. The average Bonchev–Trinajstić information content (AvgIpc) is 2.81. The van der Waals surface area contributed by atoms with Gasteiger partial charge in [0.15, 0.2) is 8.68 Å². The molecule has 1 heterocycles. The maximum Gasteiger partial charge on any atom is 0.179 e. The Labute approximate surface area is 117 Å². The maximum atomic E-state index is 13.2. The molecule has 0 aliphatic carbocycles. The first-order chi connectivity index (χ1) is 8.72. The van der Waals surface area contributed by atoms with Crippen molar-refractivity contribution in [3.8, 4) is 0 Å². The Balaban J connectivity index is 2.22. The molecule has 96 valence electrons. The summed E-state index contributed by atoms with van der Waals surface area (Å²) in [5.74, 6) is -0.232. The minimum Gasteiger partial charge on any atom is -0.330 e. The highest BCUT2D eigenvalue weighted by molar-refractivity contribution is 8.03. The topological polar surface area (TPSA) is 51.8 Å². The molecule has 0 saturated carbocycles. The lowest BCUT2D eigenvalue weighted by Crippen LogP contribution is -2.04. The summed E-state index contributed by atoms with van der Waals surface area (Å²) in [7, 11) is 0. The van der Waals surface area contributed by atoms with Gasteiger partial charge in [-0.3, -0.25) is 0 Å². The molecular formula is C11H12FN3S3. The normalized spacial score (nSPS) is 10.8. The highest BCUT2D eigenvalue weighted by Gasteiger charge is 2.09. The van der Waals surface area contributed by atoms with Gasteiger partial charge in [0.25, 0.3) is 0 Å². The molecule has 1 aromatic heterocycles. The van der Waals surface area contributed by atoms with E-state index in [4.69, 9.17) is 5.73 Å². The van der Waals surface area contributed by atoms with E-state index < -0.39 is 0 Å². The van der Waals surface area contributed by atoms with Crippen molar-refractivity contribution in [2.24, 2.45) is 5.73 Å². The van der Waals surface area contributed by atoms with E-state index in [1.54, 1.807) is 17.8 Å². The minimum atomic E-state index is -0.232. The monoisotopic (exact) mass is 301 g/mol. The van der Waals surface area contributed by atoms with Gasteiger partial charge in [-0.05, 0) is 43.0 Å². The molecular weight excluding hydrogens is 289 g/mol. The number of hydrogen-bond acceptors (Lipinski definition) is 6. The lowest BCUT2D eigenvalue weighted by Gasteiger charge is -2.06. The van der Waals surface area contributed by atoms with Gasteiger partial charge in [-0.25, -0.2) is 4.39 Å². The van der Waals surface area contributed by atoms with Gasteiger partial charge in [-0.15, -0.1) is 10.2 Å². The summed E-state index contributed by atoms with van der Waals surface area (Å²) in [6, 6.07) is 4.76. The second-order valence-electron chi connectivity index (χ2n) is 3.43. The van der Waals surface area contributed by atoms with Gasteiger partial charge >= 0.3 is 0 Å². The number of benzene rings is 1. The van der Waals surface area contributed by atoms with Crippen LogP contribution in [-0.4, -0.2) is 23.0 Å². The fourth-order valence-corrected chi connectivity index (χ4v) is 3.95. The van der Waals surface area contributed by atoms with Crippen LogP contribution in [0.25, 0.3) is 0 Å². The first-order valence-electron chi connectivity index (χ1n) is 5.26. The summed E-state index contributed by atoms with van der Waals surface area (Å²) in [6.07, 6.45) is 2.63. The van der Waals surface area contributed by atoms with Crippen molar-refractivity contribution in [3.05, 3.63) is 29.6 Å². The summed E-state index contributed by atoms with van der Waals surface area (Å²) < 4.78 is 15.0. The van der Waals surface area contributed by atoms with E-state index in [-0.39, 0.29) is 5.82 Å². The Kier molecular flexibility index (Phi) is 4.99. The quantitative estimate of drug-likeness (QED) is 0.860. The van der Waals surface area contributed by atoms with Crippen LogP contribution in [0.1, 0.15) is 5.56 Å². The molecule has 0 saturated heterocycles. The van der Waals surface area contributed by atoms with Crippen LogP contribution in [0.5, 0.6) is 0 Å². The highest BCUT2D eigenvalue weighted by Crippen LogP contribution is 2.34. The predicted molar refractivity (Wildman–Crippen MR) is 75.0 cm³/mol. The summed E-state index contributed by atoms with van der Waals surface area (Å²) in [5, 5.41) is 8.13. The average molecular weight is 301 g/mol. The van der Waals surface area contributed by atoms with Gasteiger partial charge in [0.2, 0.25) is 0 Å². The van der Waals surface area contributed by atoms with Gasteiger partial charge in [-0.1, -0.05) is 34.9 Å². The summed E-state index contributed by atoms with van der Waals surface area (Å²) in [5.41, 5.74) is 6.46. The molecule has 18 heavy (non-hydrogen) atoms. The third kappa shape index (κ3) is 3.44. The smallest absolute Gasteiger partial charge is 0.179 e. The summed E-state index contributed by atoms with van der Waals surface area (Å²) in [4.78, 5) is 0.991. The van der Waals surface area contributed by atoms with Crippen molar-refractivity contribution >= 4 is 34.9 Å². The maximum absolute atomic E-state index is 13.2. The van der Waals surface area contributed by atoms with Gasteiger partial charge < -0.3 is 5.73 Å². The first-order valence-corrected chi connectivity index (χ1v) is 8.12. The SMILES string of the molecule is CSc1nnc(Sc2ccc(F)cc2CCN)s1. The predicted octanol–water partition coefficient (Wildman–Crippen LogP) is 3.05. The lowest BCUT2D eigenvalue weighted by atomic mass is 10.1.